The highest BCUT2D eigenvalue weighted by atomic mass is 16.6. The summed E-state index contributed by atoms with van der Waals surface area (Å²) in [6, 6.07) is 6.37. The van der Waals surface area contributed by atoms with Gasteiger partial charge in [0, 0.05) is 51.1 Å². The van der Waals surface area contributed by atoms with Crippen molar-refractivity contribution in [2.45, 2.75) is 6.54 Å². The number of nitrogens with one attached hydrogen (secondary N) is 2. The molecule has 1 aliphatic heterocycles. The summed E-state index contributed by atoms with van der Waals surface area (Å²) < 4.78 is 0. The SMILES string of the molecule is CN1CCN(c2ncnc(NCc3ccc([N+](=O)[O-])cc3)c2C=N)CC1. The third-order valence-electron chi connectivity index (χ3n) is 4.42. The van der Waals surface area contributed by atoms with Crippen LogP contribution in [0.2, 0.25) is 0 Å². The molecule has 9 nitrogen and oxygen atoms in total. The van der Waals surface area contributed by atoms with Crippen molar-refractivity contribution in [2.24, 2.45) is 0 Å². The van der Waals surface area contributed by atoms with E-state index in [2.05, 4.69) is 32.1 Å². The second-order valence-electron chi connectivity index (χ2n) is 6.17. The topological polar surface area (TPSA) is 111 Å². The number of nitro benzene ring substituents is 1. The van der Waals surface area contributed by atoms with Crippen molar-refractivity contribution in [2.75, 3.05) is 43.4 Å². The molecule has 0 amide bonds. The molecule has 1 aromatic heterocycles. The van der Waals surface area contributed by atoms with Gasteiger partial charge in [-0.3, -0.25) is 10.1 Å². The van der Waals surface area contributed by atoms with Crippen LogP contribution in [-0.2, 0) is 6.54 Å². The summed E-state index contributed by atoms with van der Waals surface area (Å²) in [7, 11) is 2.09. The van der Waals surface area contributed by atoms with E-state index in [1.807, 2.05) is 0 Å². The highest BCUT2D eigenvalue weighted by Gasteiger charge is 2.20. The first-order valence-electron chi connectivity index (χ1n) is 8.34. The lowest BCUT2D eigenvalue weighted by Crippen LogP contribution is -2.45. The first kappa shape index (κ1) is 17.7. The molecule has 0 radical (unpaired) electrons. The molecule has 136 valence electrons. The molecular weight excluding hydrogens is 334 g/mol. The zero-order valence-electron chi connectivity index (χ0n) is 14.6. The maximum atomic E-state index is 10.7. The van der Waals surface area contributed by atoms with E-state index in [-0.39, 0.29) is 5.69 Å². The number of rotatable bonds is 6. The molecule has 3 rings (SSSR count). The van der Waals surface area contributed by atoms with Gasteiger partial charge in [0.1, 0.15) is 18.0 Å². The third kappa shape index (κ3) is 3.94. The molecule has 0 atom stereocenters. The summed E-state index contributed by atoms with van der Waals surface area (Å²) in [5.41, 5.74) is 1.61. The Bertz CT molecular complexity index is 786. The van der Waals surface area contributed by atoms with Crippen molar-refractivity contribution in [3.8, 4) is 0 Å². The van der Waals surface area contributed by atoms with E-state index in [0.717, 1.165) is 37.6 Å². The molecule has 0 aliphatic carbocycles. The summed E-state index contributed by atoms with van der Waals surface area (Å²) in [6.45, 7) is 4.07. The second-order valence-corrected chi connectivity index (χ2v) is 6.17. The molecule has 0 unspecified atom stereocenters. The average molecular weight is 355 g/mol. The van der Waals surface area contributed by atoms with E-state index in [9.17, 15) is 10.1 Å². The second kappa shape index (κ2) is 7.87. The highest BCUT2D eigenvalue weighted by Crippen LogP contribution is 2.23. The largest absolute Gasteiger partial charge is 0.365 e. The summed E-state index contributed by atoms with van der Waals surface area (Å²) in [5, 5.41) is 21.7. The molecule has 2 heterocycles. The van der Waals surface area contributed by atoms with E-state index >= 15 is 0 Å². The van der Waals surface area contributed by atoms with Gasteiger partial charge < -0.3 is 20.5 Å². The van der Waals surface area contributed by atoms with Crippen molar-refractivity contribution in [3.05, 3.63) is 51.8 Å². The Morgan fingerprint density at radius 1 is 1.23 bits per heavy atom. The number of nitro groups is 1. The summed E-state index contributed by atoms with van der Waals surface area (Å²) in [4.78, 5) is 23.4. The quantitative estimate of drug-likeness (QED) is 0.461. The zero-order valence-corrected chi connectivity index (χ0v) is 14.6. The predicted molar refractivity (Wildman–Crippen MR) is 100 cm³/mol. The summed E-state index contributed by atoms with van der Waals surface area (Å²) in [6.07, 6.45) is 2.77. The van der Waals surface area contributed by atoms with Gasteiger partial charge in [-0.25, -0.2) is 9.97 Å². The van der Waals surface area contributed by atoms with Crippen molar-refractivity contribution in [3.63, 3.8) is 0 Å². The fourth-order valence-corrected chi connectivity index (χ4v) is 2.85. The third-order valence-corrected chi connectivity index (χ3v) is 4.42. The smallest absolute Gasteiger partial charge is 0.269 e. The van der Waals surface area contributed by atoms with Crippen molar-refractivity contribution >= 4 is 23.5 Å². The predicted octanol–water partition coefficient (Wildman–Crippen LogP) is 1.75. The maximum absolute atomic E-state index is 10.7. The van der Waals surface area contributed by atoms with Gasteiger partial charge in [0.15, 0.2) is 0 Å². The van der Waals surface area contributed by atoms with Crippen molar-refractivity contribution in [1.29, 1.82) is 5.41 Å². The minimum absolute atomic E-state index is 0.0633. The van der Waals surface area contributed by atoms with Gasteiger partial charge in [0.05, 0.1) is 10.5 Å². The Kier molecular flexibility index (Phi) is 5.37. The molecule has 1 aromatic carbocycles. The van der Waals surface area contributed by atoms with E-state index in [0.29, 0.717) is 17.9 Å². The normalized spacial score (nSPS) is 14.9. The Morgan fingerprint density at radius 3 is 2.54 bits per heavy atom. The number of aromatic nitrogens is 2. The molecule has 9 heteroatoms. The number of likely N-dealkylation sites (N-methyl/N-ethyl adjacent to an activating group) is 1. The number of anilines is 2. The van der Waals surface area contributed by atoms with E-state index < -0.39 is 4.92 Å². The lowest BCUT2D eigenvalue weighted by molar-refractivity contribution is -0.384. The first-order valence-corrected chi connectivity index (χ1v) is 8.34. The Labute approximate surface area is 151 Å². The van der Waals surface area contributed by atoms with E-state index in [4.69, 9.17) is 5.41 Å². The van der Waals surface area contributed by atoms with Crippen molar-refractivity contribution in [1.82, 2.24) is 14.9 Å². The molecular formula is C17H21N7O2. The van der Waals surface area contributed by atoms with Crippen LogP contribution in [0.3, 0.4) is 0 Å². The maximum Gasteiger partial charge on any atom is 0.269 e. The number of piperazine rings is 1. The van der Waals surface area contributed by atoms with Gasteiger partial charge in [-0.2, -0.15) is 0 Å². The summed E-state index contributed by atoms with van der Waals surface area (Å²) >= 11 is 0. The molecule has 1 aliphatic rings. The van der Waals surface area contributed by atoms with Crippen LogP contribution in [0.1, 0.15) is 11.1 Å². The van der Waals surface area contributed by atoms with Gasteiger partial charge in [-0.15, -0.1) is 0 Å². The monoisotopic (exact) mass is 355 g/mol. The van der Waals surface area contributed by atoms with E-state index in [1.165, 1.54) is 24.7 Å². The van der Waals surface area contributed by atoms with Crippen molar-refractivity contribution < 1.29 is 4.92 Å². The van der Waals surface area contributed by atoms with E-state index in [1.54, 1.807) is 12.1 Å². The Hall–Kier alpha value is -3.07. The molecule has 1 saturated heterocycles. The minimum atomic E-state index is -0.420. The van der Waals surface area contributed by atoms with Crippen LogP contribution in [0.5, 0.6) is 0 Å². The number of benzene rings is 1. The number of hydrogen-bond donors (Lipinski definition) is 2. The van der Waals surface area contributed by atoms with Crippen LogP contribution in [0.25, 0.3) is 0 Å². The fourth-order valence-electron chi connectivity index (χ4n) is 2.85. The number of non-ortho nitro benzene ring substituents is 1. The molecule has 0 bridgehead atoms. The van der Waals surface area contributed by atoms with Gasteiger partial charge in [0.2, 0.25) is 0 Å². The van der Waals surface area contributed by atoms with Gasteiger partial charge >= 0.3 is 0 Å². The molecule has 1 fully saturated rings. The molecule has 2 N–H and O–H groups in total. The molecule has 0 saturated carbocycles. The Morgan fingerprint density at radius 2 is 1.92 bits per heavy atom. The first-order chi connectivity index (χ1) is 12.6. The minimum Gasteiger partial charge on any atom is -0.365 e. The van der Waals surface area contributed by atoms with Gasteiger partial charge in [-0.1, -0.05) is 12.1 Å². The van der Waals surface area contributed by atoms with Crippen LogP contribution >= 0.6 is 0 Å². The zero-order chi connectivity index (χ0) is 18.5. The number of hydrogen-bond acceptors (Lipinski definition) is 8. The lowest BCUT2D eigenvalue weighted by Gasteiger charge is -2.34. The average Bonchev–Trinajstić information content (AvgIpc) is 2.67. The molecule has 2 aromatic rings. The van der Waals surface area contributed by atoms with Crippen LogP contribution in [-0.4, -0.2) is 59.2 Å². The summed E-state index contributed by atoms with van der Waals surface area (Å²) in [5.74, 6) is 1.34. The molecule has 26 heavy (non-hydrogen) atoms. The van der Waals surface area contributed by atoms with Gasteiger partial charge in [-0.05, 0) is 12.6 Å². The van der Waals surface area contributed by atoms with Crippen LogP contribution in [0.4, 0.5) is 17.3 Å². The standard InChI is InChI=1S/C17H21N7O2/c1-22-6-8-23(9-7-22)17-15(10-18)16(20-12-21-17)19-11-13-2-4-14(5-3-13)24(25)26/h2-5,10,12,18H,6-9,11H2,1H3,(H,19,20,21). The number of nitrogens with zero attached hydrogens (tertiary/aromatic N) is 5. The fraction of sp³-hybridized carbons (Fsp3) is 0.353. The lowest BCUT2D eigenvalue weighted by atomic mass is 10.2. The molecule has 0 spiro atoms. The highest BCUT2D eigenvalue weighted by molar-refractivity contribution is 5.91. The Balaban J connectivity index is 1.74. The van der Waals surface area contributed by atoms with Crippen LogP contribution < -0.4 is 10.2 Å². The van der Waals surface area contributed by atoms with Crippen LogP contribution in [0.15, 0.2) is 30.6 Å². The van der Waals surface area contributed by atoms with Gasteiger partial charge in [0.25, 0.3) is 5.69 Å². The van der Waals surface area contributed by atoms with Crippen LogP contribution in [0, 0.1) is 15.5 Å².